The van der Waals surface area contributed by atoms with Crippen LogP contribution in [0.4, 0.5) is 0 Å². The monoisotopic (exact) mass is 221 g/mol. The number of nitrogens with zero attached hydrogens (tertiary/aromatic N) is 1. The van der Waals surface area contributed by atoms with Crippen LogP contribution < -0.4 is 0 Å². The number of alkyl halides is 1. The summed E-state index contributed by atoms with van der Waals surface area (Å²) >= 11 is 9.25. The van der Waals surface area contributed by atoms with E-state index in [2.05, 4.69) is 17.3 Å². The minimum absolute atomic E-state index is 0.522. The maximum absolute atomic E-state index is 5.68. The Balaban J connectivity index is 2.33. The largest absolute Gasteiger partial charge is 0.246 e. The quantitative estimate of drug-likeness (QED) is 0.724. The molecule has 0 aliphatic heterocycles. The van der Waals surface area contributed by atoms with Crippen LogP contribution in [-0.4, -0.2) is 16.1 Å². The van der Waals surface area contributed by atoms with Crippen molar-refractivity contribution in [3.63, 3.8) is 0 Å². The molecule has 1 unspecified atom stereocenters. The van der Waals surface area contributed by atoms with Crippen LogP contribution in [0.15, 0.2) is 5.38 Å². The highest BCUT2D eigenvalue weighted by molar-refractivity contribution is 7.99. The zero-order valence-electron chi connectivity index (χ0n) is 7.21. The van der Waals surface area contributed by atoms with Gasteiger partial charge in [-0.15, -0.1) is 22.9 Å². The number of hydrogen-bond donors (Lipinski definition) is 0. The summed E-state index contributed by atoms with van der Waals surface area (Å²) in [7, 11) is 0. The lowest BCUT2D eigenvalue weighted by atomic mass is 10.5. The first-order valence-electron chi connectivity index (χ1n) is 3.81. The first kappa shape index (κ1) is 10.4. The number of hydrogen-bond acceptors (Lipinski definition) is 3. The predicted octanol–water partition coefficient (Wildman–Crippen LogP) is 3.31. The summed E-state index contributed by atoms with van der Waals surface area (Å²) in [5.74, 6) is 1.70. The first-order chi connectivity index (χ1) is 5.72. The van der Waals surface area contributed by atoms with E-state index in [1.807, 2.05) is 18.7 Å². The van der Waals surface area contributed by atoms with Crippen LogP contribution in [0.3, 0.4) is 0 Å². The van der Waals surface area contributed by atoms with Crippen molar-refractivity contribution >= 4 is 34.7 Å². The zero-order chi connectivity index (χ0) is 8.97. The smallest absolute Gasteiger partial charge is 0.0897 e. The number of aromatic nitrogens is 1. The highest BCUT2D eigenvalue weighted by atomic mass is 35.5. The Morgan fingerprint density at radius 2 is 2.50 bits per heavy atom. The Hall–Kier alpha value is 0.270. The zero-order valence-corrected chi connectivity index (χ0v) is 9.60. The fourth-order valence-corrected chi connectivity index (χ4v) is 2.42. The van der Waals surface area contributed by atoms with Crippen molar-refractivity contribution in [3.8, 4) is 0 Å². The van der Waals surface area contributed by atoms with E-state index in [1.54, 1.807) is 11.3 Å². The van der Waals surface area contributed by atoms with E-state index in [0.29, 0.717) is 11.1 Å². The highest BCUT2D eigenvalue weighted by Gasteiger charge is 2.03. The summed E-state index contributed by atoms with van der Waals surface area (Å²) in [6, 6.07) is 0. The van der Waals surface area contributed by atoms with Crippen LogP contribution in [0.25, 0.3) is 0 Å². The van der Waals surface area contributed by atoms with Gasteiger partial charge in [0.2, 0.25) is 0 Å². The molecule has 1 nitrogen and oxygen atoms in total. The number of aryl methyl sites for hydroxylation is 1. The molecule has 0 saturated carbocycles. The molecule has 4 heteroatoms. The average molecular weight is 222 g/mol. The van der Waals surface area contributed by atoms with Gasteiger partial charge in [0.25, 0.3) is 0 Å². The summed E-state index contributed by atoms with van der Waals surface area (Å²) in [6.07, 6.45) is 0. The molecule has 0 radical (unpaired) electrons. The van der Waals surface area contributed by atoms with Crippen LogP contribution in [0, 0.1) is 6.92 Å². The number of rotatable bonds is 4. The van der Waals surface area contributed by atoms with Crippen molar-refractivity contribution in [2.24, 2.45) is 0 Å². The van der Waals surface area contributed by atoms with Gasteiger partial charge in [0.05, 0.1) is 10.7 Å². The molecule has 1 aromatic rings. The lowest BCUT2D eigenvalue weighted by Crippen LogP contribution is -1.97. The van der Waals surface area contributed by atoms with Gasteiger partial charge < -0.3 is 0 Å². The first-order valence-corrected chi connectivity index (χ1v) is 6.27. The van der Waals surface area contributed by atoms with E-state index in [0.717, 1.165) is 10.8 Å². The number of thiazole rings is 1. The molecule has 0 fully saturated rings. The molecule has 0 aliphatic rings. The summed E-state index contributed by atoms with van der Waals surface area (Å²) < 4.78 is 0. The highest BCUT2D eigenvalue weighted by Crippen LogP contribution is 2.19. The molecule has 12 heavy (non-hydrogen) atoms. The van der Waals surface area contributed by atoms with Gasteiger partial charge in [-0.25, -0.2) is 4.98 Å². The molecule has 1 aromatic heterocycles. The number of thioether (sulfide) groups is 1. The topological polar surface area (TPSA) is 12.9 Å². The van der Waals surface area contributed by atoms with Gasteiger partial charge >= 0.3 is 0 Å². The van der Waals surface area contributed by atoms with Crippen molar-refractivity contribution in [2.45, 2.75) is 24.9 Å². The minimum Gasteiger partial charge on any atom is -0.246 e. The van der Waals surface area contributed by atoms with Crippen LogP contribution >= 0.6 is 34.7 Å². The Labute approximate surface area is 86.5 Å². The van der Waals surface area contributed by atoms with E-state index in [-0.39, 0.29) is 0 Å². The molecule has 68 valence electrons. The second-order valence-corrected chi connectivity index (χ2v) is 5.43. The van der Waals surface area contributed by atoms with Crippen LogP contribution in [0.5, 0.6) is 0 Å². The minimum atomic E-state index is 0.522. The van der Waals surface area contributed by atoms with Gasteiger partial charge in [-0.2, -0.15) is 11.8 Å². The maximum atomic E-state index is 5.68. The van der Waals surface area contributed by atoms with E-state index < -0.39 is 0 Å². The molecule has 1 atom stereocenters. The van der Waals surface area contributed by atoms with Crippen molar-refractivity contribution in [3.05, 3.63) is 16.1 Å². The van der Waals surface area contributed by atoms with Gasteiger partial charge in [0.1, 0.15) is 0 Å². The second kappa shape index (κ2) is 5.10. The summed E-state index contributed by atoms with van der Waals surface area (Å²) in [4.78, 5) is 4.37. The molecule has 0 saturated heterocycles. The average Bonchev–Trinajstić information content (AvgIpc) is 2.47. The molecule has 0 bridgehead atoms. The molecule has 0 aromatic carbocycles. The van der Waals surface area contributed by atoms with Crippen molar-refractivity contribution in [1.82, 2.24) is 4.98 Å². The van der Waals surface area contributed by atoms with Crippen molar-refractivity contribution in [2.75, 3.05) is 5.88 Å². The molecule has 0 N–H and O–H groups in total. The van der Waals surface area contributed by atoms with Crippen LogP contribution in [-0.2, 0) is 5.75 Å². The van der Waals surface area contributed by atoms with E-state index >= 15 is 0 Å². The molecular formula is C8H12ClNS2. The predicted molar refractivity (Wildman–Crippen MR) is 58.3 cm³/mol. The van der Waals surface area contributed by atoms with E-state index in [1.165, 1.54) is 5.69 Å². The third kappa shape index (κ3) is 3.33. The lowest BCUT2D eigenvalue weighted by Gasteiger charge is -2.03. The maximum Gasteiger partial charge on any atom is 0.0897 e. The fraction of sp³-hybridized carbons (Fsp3) is 0.625. The number of halogens is 1. The molecular weight excluding hydrogens is 210 g/mol. The fourth-order valence-electron chi connectivity index (χ4n) is 0.747. The second-order valence-electron chi connectivity index (χ2n) is 2.63. The van der Waals surface area contributed by atoms with Gasteiger partial charge in [-0.3, -0.25) is 0 Å². The third-order valence-electron chi connectivity index (χ3n) is 1.40. The molecule has 1 heterocycles. The Bertz CT molecular complexity index is 237. The lowest BCUT2D eigenvalue weighted by molar-refractivity contribution is 1.10. The summed E-state index contributed by atoms with van der Waals surface area (Å²) in [6.45, 7) is 4.17. The Morgan fingerprint density at radius 3 is 3.00 bits per heavy atom. The molecule has 1 rings (SSSR count). The SMILES string of the molecule is Cc1nc(CSC(C)CCl)cs1. The van der Waals surface area contributed by atoms with Gasteiger partial charge in [-0.05, 0) is 6.92 Å². The third-order valence-corrected chi connectivity index (χ3v) is 4.07. The van der Waals surface area contributed by atoms with Crippen molar-refractivity contribution in [1.29, 1.82) is 0 Å². The summed E-state index contributed by atoms with van der Waals surface area (Å²) in [5.41, 5.74) is 1.18. The van der Waals surface area contributed by atoms with Crippen molar-refractivity contribution < 1.29 is 0 Å². The normalized spacial score (nSPS) is 13.2. The molecule has 0 spiro atoms. The van der Waals surface area contributed by atoms with Gasteiger partial charge in [0.15, 0.2) is 0 Å². The van der Waals surface area contributed by atoms with Crippen LogP contribution in [0.2, 0.25) is 0 Å². The van der Waals surface area contributed by atoms with Gasteiger partial charge in [-0.1, -0.05) is 6.92 Å². The summed E-state index contributed by atoms with van der Waals surface area (Å²) in [5, 5.41) is 3.78. The van der Waals surface area contributed by atoms with Crippen LogP contribution in [0.1, 0.15) is 17.6 Å². The van der Waals surface area contributed by atoms with E-state index in [9.17, 15) is 0 Å². The van der Waals surface area contributed by atoms with E-state index in [4.69, 9.17) is 11.6 Å². The Morgan fingerprint density at radius 1 is 1.75 bits per heavy atom. The van der Waals surface area contributed by atoms with Gasteiger partial charge in [0, 0.05) is 22.3 Å². The molecule has 0 aliphatic carbocycles. The Kier molecular flexibility index (Phi) is 4.40. The molecule has 0 amide bonds. The standard InChI is InChI=1S/C8H12ClNS2/c1-6(3-9)11-4-8-5-12-7(2)10-8/h5-6H,3-4H2,1-2H3.